The van der Waals surface area contributed by atoms with E-state index in [4.69, 9.17) is 0 Å². The summed E-state index contributed by atoms with van der Waals surface area (Å²) in [7, 11) is 0. The van der Waals surface area contributed by atoms with E-state index in [0.717, 1.165) is 18.7 Å². The maximum Gasteiger partial charge on any atom is 0.345 e. The second kappa shape index (κ2) is 5.84. The van der Waals surface area contributed by atoms with Gasteiger partial charge in [-0.25, -0.2) is 14.5 Å². The molecule has 2 aliphatic rings. The van der Waals surface area contributed by atoms with Gasteiger partial charge < -0.3 is 4.90 Å². The van der Waals surface area contributed by atoms with E-state index in [1.807, 2.05) is 4.90 Å². The van der Waals surface area contributed by atoms with Crippen molar-refractivity contribution in [1.82, 2.24) is 24.2 Å². The number of fused-ring (bicyclic) bond motifs is 3. The van der Waals surface area contributed by atoms with Gasteiger partial charge in [-0.2, -0.15) is 5.10 Å². The molecule has 2 aromatic heterocycles. The van der Waals surface area contributed by atoms with Gasteiger partial charge in [-0.15, -0.1) is 11.3 Å². The van der Waals surface area contributed by atoms with Gasteiger partial charge >= 0.3 is 5.69 Å². The zero-order chi connectivity index (χ0) is 16.8. The van der Waals surface area contributed by atoms with Crippen molar-refractivity contribution < 1.29 is 4.79 Å². The number of hydrogen-bond donors (Lipinski definition) is 0. The van der Waals surface area contributed by atoms with Crippen LogP contribution in [0.2, 0.25) is 0 Å². The fourth-order valence-electron chi connectivity index (χ4n) is 3.83. The molecule has 7 nitrogen and oxygen atoms in total. The molecule has 1 fully saturated rings. The molecule has 0 N–H and O–H groups in total. The third kappa shape index (κ3) is 2.49. The molecule has 0 unspecified atom stereocenters. The van der Waals surface area contributed by atoms with Crippen LogP contribution in [0.15, 0.2) is 15.7 Å². The lowest BCUT2D eigenvalue weighted by Gasteiger charge is -2.27. The summed E-state index contributed by atoms with van der Waals surface area (Å²) >= 11 is 1.43. The van der Waals surface area contributed by atoms with E-state index in [2.05, 4.69) is 23.9 Å². The van der Waals surface area contributed by atoms with Crippen molar-refractivity contribution in [1.29, 1.82) is 0 Å². The topological polar surface area (TPSA) is 73.0 Å². The molecular formula is C16H21N5O2S. The molecule has 4 heterocycles. The highest BCUT2D eigenvalue weighted by Gasteiger charge is 2.42. The van der Waals surface area contributed by atoms with Gasteiger partial charge in [-0.3, -0.25) is 9.36 Å². The number of aromatic nitrogens is 4. The van der Waals surface area contributed by atoms with Gasteiger partial charge in [0.15, 0.2) is 0 Å². The average Bonchev–Trinajstić information content (AvgIpc) is 3.20. The smallest absolute Gasteiger partial charge is 0.329 e. The van der Waals surface area contributed by atoms with Crippen molar-refractivity contribution in [3.63, 3.8) is 0 Å². The van der Waals surface area contributed by atoms with Crippen LogP contribution in [0.3, 0.4) is 0 Å². The first kappa shape index (κ1) is 15.6. The Hall–Kier alpha value is -1.96. The second-order valence-corrected chi connectivity index (χ2v) is 7.78. The monoisotopic (exact) mass is 347 g/mol. The molecule has 128 valence electrons. The van der Waals surface area contributed by atoms with Crippen LogP contribution in [0.25, 0.3) is 0 Å². The summed E-state index contributed by atoms with van der Waals surface area (Å²) in [5.74, 6) is 1.17. The predicted molar refractivity (Wildman–Crippen MR) is 90.1 cm³/mol. The summed E-state index contributed by atoms with van der Waals surface area (Å²) in [6, 6.07) is 0.166. The molecule has 2 aromatic rings. The highest BCUT2D eigenvalue weighted by atomic mass is 32.1. The molecule has 0 aliphatic carbocycles. The van der Waals surface area contributed by atoms with Crippen LogP contribution >= 0.6 is 11.3 Å². The molecule has 0 radical (unpaired) electrons. The molecule has 2 atom stereocenters. The van der Waals surface area contributed by atoms with Gasteiger partial charge in [-0.05, 0) is 18.8 Å². The van der Waals surface area contributed by atoms with Crippen LogP contribution in [0.4, 0.5) is 0 Å². The summed E-state index contributed by atoms with van der Waals surface area (Å²) < 4.78 is 3.35. The molecule has 8 heteroatoms. The van der Waals surface area contributed by atoms with Crippen LogP contribution in [-0.2, 0) is 19.5 Å². The van der Waals surface area contributed by atoms with E-state index in [0.29, 0.717) is 31.1 Å². The summed E-state index contributed by atoms with van der Waals surface area (Å²) in [6.45, 7) is 5.33. The molecule has 24 heavy (non-hydrogen) atoms. The Morgan fingerprint density at radius 3 is 2.88 bits per heavy atom. The molecular weight excluding hydrogens is 326 g/mol. The van der Waals surface area contributed by atoms with Crippen molar-refractivity contribution in [3.8, 4) is 0 Å². The Bertz CT molecular complexity index is 807. The highest BCUT2D eigenvalue weighted by molar-refractivity contribution is 7.07. The van der Waals surface area contributed by atoms with Crippen LogP contribution in [0.5, 0.6) is 0 Å². The third-order valence-electron chi connectivity index (χ3n) is 4.85. The van der Waals surface area contributed by atoms with E-state index in [9.17, 15) is 9.59 Å². The van der Waals surface area contributed by atoms with Gasteiger partial charge in [0.25, 0.3) is 5.91 Å². The lowest BCUT2D eigenvalue weighted by molar-refractivity contribution is 0.0659. The van der Waals surface area contributed by atoms with E-state index in [1.54, 1.807) is 20.1 Å². The van der Waals surface area contributed by atoms with Gasteiger partial charge in [0.2, 0.25) is 0 Å². The van der Waals surface area contributed by atoms with Crippen molar-refractivity contribution in [2.45, 2.75) is 58.3 Å². The van der Waals surface area contributed by atoms with E-state index < -0.39 is 0 Å². The number of carbonyl (C=O) groups excluding carboxylic acids is 1. The van der Waals surface area contributed by atoms with Gasteiger partial charge in [0.05, 0.1) is 11.6 Å². The van der Waals surface area contributed by atoms with Crippen LogP contribution < -0.4 is 5.69 Å². The maximum absolute atomic E-state index is 12.8. The second-order valence-electron chi connectivity index (χ2n) is 7.06. The third-order valence-corrected chi connectivity index (χ3v) is 5.44. The zero-order valence-corrected chi connectivity index (χ0v) is 14.7. The minimum Gasteiger partial charge on any atom is -0.329 e. The Morgan fingerprint density at radius 1 is 1.38 bits per heavy atom. The summed E-state index contributed by atoms with van der Waals surface area (Å²) in [4.78, 5) is 31.5. The van der Waals surface area contributed by atoms with Gasteiger partial charge in [0.1, 0.15) is 11.5 Å². The number of rotatable bonds is 3. The fourth-order valence-corrected chi connectivity index (χ4v) is 4.36. The molecule has 4 rings (SSSR count). The molecule has 1 amide bonds. The average molecular weight is 347 g/mol. The van der Waals surface area contributed by atoms with Crippen molar-refractivity contribution in [3.05, 3.63) is 32.9 Å². The fraction of sp³-hybridized carbons (Fsp3) is 0.625. The molecule has 2 aliphatic heterocycles. The maximum atomic E-state index is 12.8. The largest absolute Gasteiger partial charge is 0.345 e. The zero-order valence-electron chi connectivity index (χ0n) is 13.9. The molecule has 0 saturated carbocycles. The minimum atomic E-state index is -0.0488. The highest BCUT2D eigenvalue weighted by Crippen LogP contribution is 2.31. The van der Waals surface area contributed by atoms with Crippen molar-refractivity contribution in [2.24, 2.45) is 5.92 Å². The Labute approximate surface area is 143 Å². The Kier molecular flexibility index (Phi) is 3.79. The van der Waals surface area contributed by atoms with E-state index >= 15 is 0 Å². The van der Waals surface area contributed by atoms with E-state index in [1.165, 1.54) is 11.3 Å². The van der Waals surface area contributed by atoms with Crippen LogP contribution in [0, 0.1) is 5.92 Å². The number of carbonyl (C=O) groups is 1. The van der Waals surface area contributed by atoms with Crippen molar-refractivity contribution in [2.75, 3.05) is 0 Å². The minimum absolute atomic E-state index is 0.0167. The summed E-state index contributed by atoms with van der Waals surface area (Å²) in [5, 5.41) is 6.33. The molecule has 0 spiro atoms. The lowest BCUT2D eigenvalue weighted by atomic mass is 10.1. The van der Waals surface area contributed by atoms with E-state index in [-0.39, 0.29) is 23.7 Å². The Morgan fingerprint density at radius 2 is 2.17 bits per heavy atom. The first-order valence-electron chi connectivity index (χ1n) is 8.42. The van der Waals surface area contributed by atoms with Crippen LogP contribution in [-0.4, -0.2) is 42.2 Å². The first-order valence-corrected chi connectivity index (χ1v) is 9.36. The summed E-state index contributed by atoms with van der Waals surface area (Å²) in [6.07, 6.45) is 2.54. The Balaban J connectivity index is 1.65. The van der Waals surface area contributed by atoms with Gasteiger partial charge in [-0.1, -0.05) is 13.8 Å². The molecule has 1 saturated heterocycles. The van der Waals surface area contributed by atoms with Crippen LogP contribution in [0.1, 0.15) is 43.0 Å². The standard InChI is InChI=1S/C16H21N5O2S/c1-10(2)6-20-16(23)19-7-12-4-3-11(5-14(19)18-20)21(12)15(22)13-8-24-9-17-13/h8-12H,3-7H2,1-2H3/t11-,12+/m0/s1. The number of amides is 1. The molecule has 2 bridgehead atoms. The quantitative estimate of drug-likeness (QED) is 0.841. The number of hydrogen-bond acceptors (Lipinski definition) is 5. The van der Waals surface area contributed by atoms with Crippen molar-refractivity contribution >= 4 is 17.2 Å². The summed E-state index contributed by atoms with van der Waals surface area (Å²) in [5.41, 5.74) is 2.14. The first-order chi connectivity index (χ1) is 11.5. The predicted octanol–water partition coefficient (Wildman–Crippen LogP) is 1.39. The number of thiazole rings is 1. The SMILES string of the molecule is CC(C)Cn1nc2n(c1=O)C[C@H]1CC[C@@H](C2)N1C(=O)c1cscn1. The normalized spacial score (nSPS) is 22.7. The van der Waals surface area contributed by atoms with Gasteiger partial charge in [0, 0.05) is 30.9 Å². The number of nitrogens with zero attached hydrogens (tertiary/aromatic N) is 5. The molecule has 0 aromatic carbocycles. The lowest BCUT2D eigenvalue weighted by Crippen LogP contribution is -2.43.